The zero-order valence-electron chi connectivity index (χ0n) is 45.9. The third-order valence-corrected chi connectivity index (χ3v) is 14.3. The van der Waals surface area contributed by atoms with E-state index >= 15 is 0 Å². The Morgan fingerprint density at radius 1 is 0.333 bits per heavy atom. The molecule has 0 aliphatic rings. The van der Waals surface area contributed by atoms with E-state index in [0.717, 1.165) is 89.8 Å². The van der Waals surface area contributed by atoms with E-state index in [1.54, 1.807) is 0 Å². The summed E-state index contributed by atoms with van der Waals surface area (Å²) in [6, 6.07) is 58.4. The van der Waals surface area contributed by atoms with Crippen LogP contribution in [0.3, 0.4) is 0 Å². The molecule has 0 amide bonds. The molecule has 0 aliphatic carbocycles. The van der Waals surface area contributed by atoms with Crippen molar-refractivity contribution < 1.29 is 8.83 Å². The van der Waals surface area contributed by atoms with Gasteiger partial charge in [0.25, 0.3) is 0 Å². The van der Waals surface area contributed by atoms with Gasteiger partial charge in [0.2, 0.25) is 0 Å². The third kappa shape index (κ3) is 9.42. The van der Waals surface area contributed by atoms with E-state index in [4.69, 9.17) is 8.83 Å². The molecule has 0 spiro atoms. The average Bonchev–Trinajstić information content (AvgIpc) is 3.95. The highest BCUT2D eigenvalue weighted by atomic mass is 16.3. The predicted octanol–water partition coefficient (Wildman–Crippen LogP) is 20.9. The van der Waals surface area contributed by atoms with Crippen molar-refractivity contribution in [3.63, 3.8) is 0 Å². The first-order valence-electron chi connectivity index (χ1n) is 26.2. The van der Waals surface area contributed by atoms with Crippen molar-refractivity contribution in [2.75, 3.05) is 9.80 Å². The standard InChI is InChI=1S/C68H76N2O2/c1-43(2)45-27-35-51(36-28-45)69(53-39-31-49(32-40-53)65(5,6)7)59-57-55(47-23-19-17-20-24-47)63(67(11,12)13)72-62(57)60(58-56(48-25-21-18-22-26-48)64(68(14,15)16)71-61(58)59)70(52-37-29-46(30-38-52)44(3)4)54-41-33-50(34-42-54)66(8,9)10/h17-44H,1-16H3. The molecule has 0 saturated carbocycles. The summed E-state index contributed by atoms with van der Waals surface area (Å²) in [5.41, 5.74) is 16.1. The highest BCUT2D eigenvalue weighted by Crippen LogP contribution is 2.60. The van der Waals surface area contributed by atoms with Crippen LogP contribution in [-0.2, 0) is 21.7 Å². The second-order valence-electron chi connectivity index (χ2n) is 24.7. The van der Waals surface area contributed by atoms with Gasteiger partial charge in [-0.2, -0.15) is 0 Å². The summed E-state index contributed by atoms with van der Waals surface area (Å²) in [5.74, 6) is 2.56. The Labute approximate surface area is 430 Å². The van der Waals surface area contributed by atoms with E-state index in [9.17, 15) is 0 Å². The van der Waals surface area contributed by atoms with Gasteiger partial charge in [-0.25, -0.2) is 0 Å². The molecular weight excluding hydrogens is 877 g/mol. The van der Waals surface area contributed by atoms with Gasteiger partial charge in [0.1, 0.15) is 22.9 Å². The molecule has 0 aliphatic heterocycles. The first-order valence-corrected chi connectivity index (χ1v) is 26.2. The summed E-state index contributed by atoms with van der Waals surface area (Å²) in [4.78, 5) is 4.90. The summed E-state index contributed by atoms with van der Waals surface area (Å²) in [7, 11) is 0. The fraction of sp³-hybridized carbons (Fsp3) is 0.324. The average molecular weight is 953 g/mol. The van der Waals surface area contributed by atoms with Gasteiger partial charge in [-0.05, 0) is 105 Å². The topological polar surface area (TPSA) is 32.8 Å². The summed E-state index contributed by atoms with van der Waals surface area (Å²) in [6.45, 7) is 36.4. The summed E-state index contributed by atoms with van der Waals surface area (Å²) < 4.78 is 15.7. The lowest BCUT2D eigenvalue weighted by Gasteiger charge is -2.31. The number of fused-ring (bicyclic) bond motifs is 2. The monoisotopic (exact) mass is 953 g/mol. The zero-order valence-corrected chi connectivity index (χ0v) is 45.9. The molecule has 2 aromatic heterocycles. The Morgan fingerprint density at radius 2 is 0.611 bits per heavy atom. The number of furan rings is 2. The van der Waals surface area contributed by atoms with E-state index in [1.165, 1.54) is 22.3 Å². The van der Waals surface area contributed by atoms with Crippen LogP contribution in [0.25, 0.3) is 44.2 Å². The van der Waals surface area contributed by atoms with E-state index in [1.807, 2.05) is 0 Å². The van der Waals surface area contributed by atoms with Gasteiger partial charge in [-0.15, -0.1) is 0 Å². The van der Waals surface area contributed by atoms with E-state index in [2.05, 4.69) is 278 Å². The van der Waals surface area contributed by atoms with E-state index in [-0.39, 0.29) is 10.8 Å². The minimum Gasteiger partial charge on any atom is -0.458 e. The smallest absolute Gasteiger partial charge is 0.162 e. The van der Waals surface area contributed by atoms with Gasteiger partial charge in [0, 0.05) is 44.7 Å². The first kappa shape index (κ1) is 50.2. The molecule has 4 heteroatoms. The maximum atomic E-state index is 7.87. The SMILES string of the molecule is CC(C)c1ccc(N(c2ccc(C(C)(C)C)cc2)c2c3oc(C(C)(C)C)c(-c4ccccc4)c3c(N(c3ccc(C(C)C)cc3)c3ccc(C(C)(C)C)cc3)c3oc(C(C)(C)C)c(-c4ccccc4)c23)cc1. The lowest BCUT2D eigenvalue weighted by Crippen LogP contribution is -2.16. The molecular formula is C68H76N2O2. The summed E-state index contributed by atoms with van der Waals surface area (Å²) in [6.07, 6.45) is 0. The minimum absolute atomic E-state index is 0.0355. The number of rotatable bonds is 10. The van der Waals surface area contributed by atoms with Gasteiger partial charge in [-0.1, -0.05) is 220 Å². The Morgan fingerprint density at radius 3 is 0.861 bits per heavy atom. The maximum absolute atomic E-state index is 7.87. The fourth-order valence-electron chi connectivity index (χ4n) is 10.2. The third-order valence-electron chi connectivity index (χ3n) is 14.3. The molecule has 0 fully saturated rings. The van der Waals surface area contributed by atoms with Crippen LogP contribution >= 0.6 is 0 Å². The van der Waals surface area contributed by atoms with Crippen LogP contribution in [0, 0.1) is 0 Å². The highest BCUT2D eigenvalue weighted by Gasteiger charge is 2.39. The molecule has 370 valence electrons. The molecule has 9 aromatic rings. The van der Waals surface area contributed by atoms with Crippen LogP contribution in [0.1, 0.15) is 156 Å². The van der Waals surface area contributed by atoms with Crippen LogP contribution < -0.4 is 9.80 Å². The molecule has 9 rings (SSSR count). The van der Waals surface area contributed by atoms with Crippen molar-refractivity contribution >= 4 is 56.1 Å². The lowest BCUT2D eigenvalue weighted by atomic mass is 9.85. The number of hydrogen-bond donors (Lipinski definition) is 0. The number of nitrogens with zero attached hydrogens (tertiary/aromatic N) is 2. The van der Waals surface area contributed by atoms with Crippen LogP contribution in [0.2, 0.25) is 0 Å². The molecule has 0 N–H and O–H groups in total. The molecule has 2 heterocycles. The first-order chi connectivity index (χ1) is 33.9. The van der Waals surface area contributed by atoms with E-state index in [0.29, 0.717) is 11.8 Å². The molecule has 0 saturated heterocycles. The normalized spacial score (nSPS) is 12.7. The van der Waals surface area contributed by atoms with Crippen LogP contribution in [0.15, 0.2) is 167 Å². The van der Waals surface area contributed by atoms with Gasteiger partial charge in [0.15, 0.2) is 11.2 Å². The summed E-state index contributed by atoms with van der Waals surface area (Å²) in [5, 5.41) is 1.98. The largest absolute Gasteiger partial charge is 0.458 e. The van der Waals surface area contributed by atoms with Gasteiger partial charge in [-0.3, -0.25) is 0 Å². The van der Waals surface area contributed by atoms with Gasteiger partial charge < -0.3 is 18.6 Å². The molecule has 0 unspecified atom stereocenters. The molecule has 7 aromatic carbocycles. The van der Waals surface area contributed by atoms with Crippen LogP contribution in [-0.4, -0.2) is 0 Å². The Bertz CT molecular complexity index is 3090. The predicted molar refractivity (Wildman–Crippen MR) is 309 cm³/mol. The second kappa shape index (κ2) is 18.7. The lowest BCUT2D eigenvalue weighted by molar-refractivity contribution is 0.432. The van der Waals surface area contributed by atoms with Crippen molar-refractivity contribution in [3.8, 4) is 22.3 Å². The minimum atomic E-state index is -0.408. The van der Waals surface area contributed by atoms with Crippen molar-refractivity contribution in [1.82, 2.24) is 0 Å². The van der Waals surface area contributed by atoms with Crippen LogP contribution in [0.4, 0.5) is 34.1 Å². The number of hydrogen-bond acceptors (Lipinski definition) is 4. The van der Waals surface area contributed by atoms with Crippen molar-refractivity contribution in [3.05, 3.63) is 191 Å². The van der Waals surface area contributed by atoms with Gasteiger partial charge >= 0.3 is 0 Å². The van der Waals surface area contributed by atoms with E-state index < -0.39 is 10.8 Å². The molecule has 0 bridgehead atoms. The quantitative estimate of drug-likeness (QED) is 0.128. The van der Waals surface area contributed by atoms with Crippen molar-refractivity contribution in [2.24, 2.45) is 0 Å². The van der Waals surface area contributed by atoms with Crippen molar-refractivity contribution in [2.45, 2.75) is 144 Å². The van der Waals surface area contributed by atoms with Crippen molar-refractivity contribution in [1.29, 1.82) is 0 Å². The number of anilines is 6. The molecule has 72 heavy (non-hydrogen) atoms. The molecule has 0 radical (unpaired) electrons. The highest BCUT2D eigenvalue weighted by molar-refractivity contribution is 6.27. The number of benzene rings is 7. The molecule has 0 atom stereocenters. The van der Waals surface area contributed by atoms with Crippen LogP contribution in [0.5, 0.6) is 0 Å². The Balaban J connectivity index is 1.59. The second-order valence-corrected chi connectivity index (χ2v) is 24.7. The summed E-state index contributed by atoms with van der Waals surface area (Å²) >= 11 is 0. The Hall–Kier alpha value is -6.78. The van der Waals surface area contributed by atoms with Gasteiger partial charge in [0.05, 0.1) is 10.8 Å². The maximum Gasteiger partial charge on any atom is 0.162 e. The fourth-order valence-corrected chi connectivity index (χ4v) is 10.2. The zero-order chi connectivity index (χ0) is 51.7. The Kier molecular flexibility index (Phi) is 13.0. The molecule has 4 nitrogen and oxygen atoms in total.